The minimum atomic E-state index is -0.304. The zero-order valence-electron chi connectivity index (χ0n) is 15.2. The third-order valence-corrected chi connectivity index (χ3v) is 4.93. The summed E-state index contributed by atoms with van der Waals surface area (Å²) in [6, 6.07) is 10.6. The predicted molar refractivity (Wildman–Crippen MR) is 109 cm³/mol. The van der Waals surface area contributed by atoms with Gasteiger partial charge < -0.3 is 14.5 Å². The first kappa shape index (κ1) is 18.3. The Morgan fingerprint density at radius 2 is 2.11 bits per heavy atom. The molecule has 2 heterocycles. The molecule has 2 aromatic carbocycles. The highest BCUT2D eigenvalue weighted by Crippen LogP contribution is 2.33. The first-order valence-electron chi connectivity index (χ1n) is 8.94. The van der Waals surface area contributed by atoms with Crippen molar-refractivity contribution in [1.82, 2.24) is 5.32 Å². The molecule has 1 aliphatic heterocycles. The summed E-state index contributed by atoms with van der Waals surface area (Å²) in [7, 11) is 0. The molecule has 0 spiro atoms. The molecule has 1 N–H and O–H groups in total. The lowest BCUT2D eigenvalue weighted by Gasteiger charge is -2.26. The van der Waals surface area contributed by atoms with Crippen molar-refractivity contribution in [2.75, 3.05) is 6.61 Å². The van der Waals surface area contributed by atoms with Gasteiger partial charge in [0.25, 0.3) is 0 Å². The van der Waals surface area contributed by atoms with Gasteiger partial charge in [0.2, 0.25) is 5.91 Å². The van der Waals surface area contributed by atoms with Crippen LogP contribution in [0.1, 0.15) is 29.2 Å². The van der Waals surface area contributed by atoms with Crippen LogP contribution in [-0.4, -0.2) is 12.5 Å². The number of halogens is 1. The topological polar surface area (TPSA) is 68.5 Å². The van der Waals surface area contributed by atoms with E-state index < -0.39 is 0 Å². The molecule has 6 heteroatoms. The molecule has 28 heavy (non-hydrogen) atoms. The van der Waals surface area contributed by atoms with Crippen molar-refractivity contribution in [3.8, 4) is 5.75 Å². The summed E-state index contributed by atoms with van der Waals surface area (Å²) < 4.78 is 11.1. The summed E-state index contributed by atoms with van der Waals surface area (Å²) in [6.45, 7) is 2.42. The molecule has 0 saturated carbocycles. The molecular formula is C22H18ClNO4. The van der Waals surface area contributed by atoms with Gasteiger partial charge in [0, 0.05) is 23.1 Å². The van der Waals surface area contributed by atoms with E-state index in [2.05, 4.69) is 5.32 Å². The van der Waals surface area contributed by atoms with E-state index in [1.807, 2.05) is 13.0 Å². The van der Waals surface area contributed by atoms with Gasteiger partial charge in [-0.15, -0.1) is 0 Å². The quantitative estimate of drug-likeness (QED) is 0.667. The number of aryl methyl sites for hydroxylation is 1. The maximum Gasteiger partial charge on any atom is 0.244 e. The van der Waals surface area contributed by atoms with Crippen LogP contribution in [0, 0.1) is 6.92 Å². The van der Waals surface area contributed by atoms with E-state index in [0.717, 1.165) is 16.9 Å². The number of amides is 1. The van der Waals surface area contributed by atoms with Gasteiger partial charge in [-0.1, -0.05) is 23.2 Å². The average molecular weight is 396 g/mol. The molecule has 1 unspecified atom stereocenters. The van der Waals surface area contributed by atoms with E-state index in [1.165, 1.54) is 18.4 Å². The van der Waals surface area contributed by atoms with Crippen molar-refractivity contribution in [3.63, 3.8) is 0 Å². The van der Waals surface area contributed by atoms with Crippen molar-refractivity contribution in [1.29, 1.82) is 0 Å². The van der Waals surface area contributed by atoms with Crippen LogP contribution in [0.5, 0.6) is 5.75 Å². The second-order valence-electron chi connectivity index (χ2n) is 6.73. The Morgan fingerprint density at radius 3 is 2.96 bits per heavy atom. The fourth-order valence-corrected chi connectivity index (χ4v) is 3.46. The zero-order chi connectivity index (χ0) is 19.7. The maximum absolute atomic E-state index is 12.6. The number of ether oxygens (including phenoxy) is 1. The third-order valence-electron chi connectivity index (χ3n) is 4.70. The van der Waals surface area contributed by atoms with Crippen LogP contribution in [0.3, 0.4) is 0 Å². The fraction of sp³-hybridized carbons (Fsp3) is 0.182. The van der Waals surface area contributed by atoms with E-state index in [-0.39, 0.29) is 17.4 Å². The van der Waals surface area contributed by atoms with Crippen LogP contribution >= 0.6 is 11.6 Å². The second kappa shape index (κ2) is 7.52. The molecule has 4 rings (SSSR count). The maximum atomic E-state index is 12.6. The lowest BCUT2D eigenvalue weighted by Crippen LogP contribution is -2.31. The number of hydrogen-bond donors (Lipinski definition) is 1. The highest BCUT2D eigenvalue weighted by molar-refractivity contribution is 6.30. The van der Waals surface area contributed by atoms with Crippen molar-refractivity contribution in [2.45, 2.75) is 19.4 Å². The Kier molecular flexibility index (Phi) is 4.92. The molecule has 1 amide bonds. The molecule has 3 aromatic rings. The number of hydrogen-bond acceptors (Lipinski definition) is 4. The Hall–Kier alpha value is -3.05. The normalized spacial score (nSPS) is 16.0. The lowest BCUT2D eigenvalue weighted by molar-refractivity contribution is -0.117. The number of benzene rings is 2. The van der Waals surface area contributed by atoms with Gasteiger partial charge in [0.1, 0.15) is 17.6 Å². The monoisotopic (exact) mass is 395 g/mol. The molecule has 0 radical (unpaired) electrons. The van der Waals surface area contributed by atoms with E-state index in [9.17, 15) is 9.59 Å². The van der Waals surface area contributed by atoms with E-state index in [4.69, 9.17) is 20.8 Å². The molecule has 1 aromatic heterocycles. The molecule has 0 fully saturated rings. The highest BCUT2D eigenvalue weighted by atomic mass is 35.5. The zero-order valence-corrected chi connectivity index (χ0v) is 16.0. The molecule has 0 saturated heterocycles. The Bertz CT molecular complexity index is 1150. The van der Waals surface area contributed by atoms with E-state index >= 15 is 0 Å². The molecular weight excluding hydrogens is 378 g/mol. The molecule has 1 aliphatic rings. The number of rotatable bonds is 3. The lowest BCUT2D eigenvalue weighted by atomic mass is 10.0. The van der Waals surface area contributed by atoms with Crippen molar-refractivity contribution < 1.29 is 13.9 Å². The average Bonchev–Trinajstić information content (AvgIpc) is 2.68. The molecule has 1 atom stereocenters. The summed E-state index contributed by atoms with van der Waals surface area (Å²) in [6.07, 6.45) is 4.83. The Labute approximate surface area is 166 Å². The van der Waals surface area contributed by atoms with Crippen LogP contribution in [0.15, 0.2) is 57.9 Å². The predicted octanol–water partition coefficient (Wildman–Crippen LogP) is 4.41. The minimum absolute atomic E-state index is 0.169. The van der Waals surface area contributed by atoms with E-state index in [0.29, 0.717) is 34.6 Å². The van der Waals surface area contributed by atoms with E-state index in [1.54, 1.807) is 30.3 Å². The van der Waals surface area contributed by atoms with Gasteiger partial charge in [-0.3, -0.25) is 9.59 Å². The smallest absolute Gasteiger partial charge is 0.244 e. The number of carbonyl (C=O) groups is 1. The first-order chi connectivity index (χ1) is 13.5. The molecule has 142 valence electrons. The van der Waals surface area contributed by atoms with Crippen LogP contribution in [-0.2, 0) is 4.79 Å². The Morgan fingerprint density at radius 1 is 1.25 bits per heavy atom. The van der Waals surface area contributed by atoms with Crippen molar-refractivity contribution in [3.05, 3.63) is 80.7 Å². The van der Waals surface area contributed by atoms with Gasteiger partial charge >= 0.3 is 0 Å². The van der Waals surface area contributed by atoms with Gasteiger partial charge in [0.05, 0.1) is 23.6 Å². The fourth-order valence-electron chi connectivity index (χ4n) is 3.28. The van der Waals surface area contributed by atoms with Crippen LogP contribution in [0.25, 0.3) is 17.0 Å². The summed E-state index contributed by atoms with van der Waals surface area (Å²) >= 11 is 6.07. The first-order valence-corrected chi connectivity index (χ1v) is 9.32. The third kappa shape index (κ3) is 3.66. The SMILES string of the molecule is Cc1ccc2occ(/C=C/C(=O)NC3CCOc4ccc(Cl)cc43)c(=O)c2c1. The number of carbonyl (C=O) groups excluding carboxylic acids is 1. The largest absolute Gasteiger partial charge is 0.493 e. The van der Waals surface area contributed by atoms with Crippen molar-refractivity contribution in [2.24, 2.45) is 0 Å². The van der Waals surface area contributed by atoms with Crippen molar-refractivity contribution >= 4 is 34.6 Å². The molecule has 0 aliphatic carbocycles. The highest BCUT2D eigenvalue weighted by Gasteiger charge is 2.22. The number of fused-ring (bicyclic) bond motifs is 2. The second-order valence-corrected chi connectivity index (χ2v) is 7.17. The minimum Gasteiger partial charge on any atom is -0.493 e. The van der Waals surface area contributed by atoms with Gasteiger partial charge in [-0.25, -0.2) is 0 Å². The summed E-state index contributed by atoms with van der Waals surface area (Å²) in [5.74, 6) is 0.414. The number of nitrogens with one attached hydrogen (secondary N) is 1. The van der Waals surface area contributed by atoms with Crippen LogP contribution < -0.4 is 15.5 Å². The van der Waals surface area contributed by atoms with Gasteiger partial charge in [0.15, 0.2) is 5.43 Å². The Balaban J connectivity index is 1.54. The molecule has 5 nitrogen and oxygen atoms in total. The molecule has 0 bridgehead atoms. The van der Waals surface area contributed by atoms with Gasteiger partial charge in [-0.2, -0.15) is 0 Å². The summed E-state index contributed by atoms with van der Waals surface area (Å²) in [5.41, 5.74) is 2.49. The summed E-state index contributed by atoms with van der Waals surface area (Å²) in [4.78, 5) is 25.0. The van der Waals surface area contributed by atoms with Gasteiger partial charge in [-0.05, 0) is 43.3 Å². The van der Waals surface area contributed by atoms with Crippen LogP contribution in [0.2, 0.25) is 5.02 Å². The standard InChI is InChI=1S/C22H18ClNO4/c1-13-2-5-20-17(10-13)22(26)14(12-28-20)3-7-21(25)24-18-8-9-27-19-6-4-15(23)11-16(18)19/h2-7,10-12,18H,8-9H2,1H3,(H,24,25)/b7-3+. The van der Waals surface area contributed by atoms with Crippen LogP contribution in [0.4, 0.5) is 0 Å². The summed E-state index contributed by atoms with van der Waals surface area (Å²) in [5, 5.41) is 4.02.